The molecular weight excluding hydrogens is 378 g/mol. The van der Waals surface area contributed by atoms with Crippen LogP contribution < -0.4 is 5.43 Å². The fourth-order valence-corrected chi connectivity index (χ4v) is 4.19. The zero-order valence-electron chi connectivity index (χ0n) is 17.1. The standard InChI is InChI=1S/C24H25N3O3/c1-16(2)26-15-19(27-22(24(26)30)23(29)21(28)14-25-27)13-20(17-9-5-3-6-10-17)18-11-7-4-8-12-18/h3-12,14,16,19-20,29H,13,15H2,1-2H3/t19-/m0/s1. The molecular formula is C24H25N3O3. The molecule has 1 aliphatic rings. The van der Waals surface area contributed by atoms with Gasteiger partial charge in [0.05, 0.1) is 12.2 Å². The predicted octanol–water partition coefficient (Wildman–Crippen LogP) is 3.58. The molecule has 6 heteroatoms. The molecule has 154 valence electrons. The lowest BCUT2D eigenvalue weighted by atomic mass is 9.85. The highest BCUT2D eigenvalue weighted by Crippen LogP contribution is 2.36. The van der Waals surface area contributed by atoms with Gasteiger partial charge >= 0.3 is 0 Å². The lowest BCUT2D eigenvalue weighted by Crippen LogP contribution is -2.48. The van der Waals surface area contributed by atoms with Gasteiger partial charge in [-0.25, -0.2) is 0 Å². The van der Waals surface area contributed by atoms with Crippen molar-refractivity contribution in [2.45, 2.75) is 38.3 Å². The summed E-state index contributed by atoms with van der Waals surface area (Å²) in [4.78, 5) is 26.7. The number of carbonyl (C=O) groups is 1. The smallest absolute Gasteiger partial charge is 0.276 e. The van der Waals surface area contributed by atoms with Crippen molar-refractivity contribution in [1.29, 1.82) is 0 Å². The summed E-state index contributed by atoms with van der Waals surface area (Å²) in [6.07, 6.45) is 1.76. The lowest BCUT2D eigenvalue weighted by Gasteiger charge is -2.38. The number of aromatic hydroxyl groups is 1. The molecule has 0 saturated carbocycles. The van der Waals surface area contributed by atoms with E-state index in [0.717, 1.165) is 6.20 Å². The van der Waals surface area contributed by atoms with Crippen LogP contribution in [0.2, 0.25) is 0 Å². The van der Waals surface area contributed by atoms with Crippen LogP contribution in [0.1, 0.15) is 53.8 Å². The minimum Gasteiger partial charge on any atom is -0.502 e. The van der Waals surface area contributed by atoms with E-state index in [0.29, 0.717) is 13.0 Å². The molecule has 1 atom stereocenters. The fraction of sp³-hybridized carbons (Fsp3) is 0.292. The van der Waals surface area contributed by atoms with E-state index in [9.17, 15) is 14.7 Å². The van der Waals surface area contributed by atoms with Gasteiger partial charge in [0.1, 0.15) is 0 Å². The quantitative estimate of drug-likeness (QED) is 0.707. The van der Waals surface area contributed by atoms with E-state index in [1.54, 1.807) is 4.90 Å². The molecule has 4 rings (SSSR count). The van der Waals surface area contributed by atoms with Crippen molar-refractivity contribution < 1.29 is 9.90 Å². The molecule has 0 aliphatic carbocycles. The molecule has 3 aromatic rings. The molecule has 0 bridgehead atoms. The fourth-order valence-electron chi connectivity index (χ4n) is 4.19. The van der Waals surface area contributed by atoms with E-state index >= 15 is 0 Å². The predicted molar refractivity (Wildman–Crippen MR) is 115 cm³/mol. The van der Waals surface area contributed by atoms with Gasteiger partial charge in [-0.2, -0.15) is 5.10 Å². The summed E-state index contributed by atoms with van der Waals surface area (Å²) in [5, 5.41) is 14.6. The van der Waals surface area contributed by atoms with Crippen LogP contribution in [-0.4, -0.2) is 38.3 Å². The summed E-state index contributed by atoms with van der Waals surface area (Å²) >= 11 is 0. The van der Waals surface area contributed by atoms with E-state index in [1.807, 2.05) is 50.2 Å². The topological polar surface area (TPSA) is 75.4 Å². The number of hydrogen-bond donors (Lipinski definition) is 1. The molecule has 0 spiro atoms. The number of benzene rings is 2. The van der Waals surface area contributed by atoms with E-state index < -0.39 is 11.2 Å². The largest absolute Gasteiger partial charge is 0.502 e. The Morgan fingerprint density at radius 2 is 1.57 bits per heavy atom. The first-order valence-corrected chi connectivity index (χ1v) is 10.2. The molecule has 0 radical (unpaired) electrons. The number of aromatic nitrogens is 2. The molecule has 1 N–H and O–H groups in total. The summed E-state index contributed by atoms with van der Waals surface area (Å²) in [5.41, 5.74) is 1.68. The van der Waals surface area contributed by atoms with Crippen molar-refractivity contribution in [3.05, 3.63) is 93.9 Å². The van der Waals surface area contributed by atoms with E-state index in [1.165, 1.54) is 15.8 Å². The Balaban J connectivity index is 1.80. The van der Waals surface area contributed by atoms with Crippen LogP contribution in [0.4, 0.5) is 0 Å². The van der Waals surface area contributed by atoms with Gasteiger partial charge in [0.2, 0.25) is 5.43 Å². The molecule has 2 heterocycles. The molecule has 0 unspecified atom stereocenters. The zero-order chi connectivity index (χ0) is 21.3. The maximum Gasteiger partial charge on any atom is 0.276 e. The summed E-state index contributed by atoms with van der Waals surface area (Å²) in [6, 6.07) is 20.2. The van der Waals surface area contributed by atoms with Crippen LogP contribution in [0.25, 0.3) is 0 Å². The Hall–Kier alpha value is -3.41. The summed E-state index contributed by atoms with van der Waals surface area (Å²) in [5.74, 6) is -0.808. The minimum atomic E-state index is -0.637. The van der Waals surface area contributed by atoms with Crippen LogP contribution in [0.5, 0.6) is 5.75 Å². The average Bonchev–Trinajstić information content (AvgIpc) is 2.76. The Morgan fingerprint density at radius 3 is 2.10 bits per heavy atom. The molecule has 1 aromatic heterocycles. The Labute approximate surface area is 175 Å². The molecule has 1 amide bonds. The van der Waals surface area contributed by atoms with E-state index in [-0.39, 0.29) is 29.6 Å². The van der Waals surface area contributed by atoms with Gasteiger partial charge in [0, 0.05) is 18.5 Å². The third-order valence-corrected chi connectivity index (χ3v) is 5.74. The number of fused-ring (bicyclic) bond motifs is 1. The normalized spacial score (nSPS) is 16.2. The monoisotopic (exact) mass is 403 g/mol. The van der Waals surface area contributed by atoms with E-state index in [4.69, 9.17) is 0 Å². The van der Waals surface area contributed by atoms with Gasteiger partial charge in [0.15, 0.2) is 11.4 Å². The van der Waals surface area contributed by atoms with Gasteiger partial charge < -0.3 is 10.0 Å². The highest BCUT2D eigenvalue weighted by atomic mass is 16.3. The van der Waals surface area contributed by atoms with E-state index in [2.05, 4.69) is 29.4 Å². The Bertz CT molecular complexity index is 1050. The SMILES string of the molecule is CC(C)N1C[C@H](CC(c2ccccc2)c2ccccc2)n2ncc(=O)c(O)c2C1=O. The third kappa shape index (κ3) is 3.61. The lowest BCUT2D eigenvalue weighted by molar-refractivity contribution is 0.0572. The maximum absolute atomic E-state index is 13.0. The second-order valence-electron chi connectivity index (χ2n) is 7.97. The minimum absolute atomic E-state index is 0.0210. The first-order valence-electron chi connectivity index (χ1n) is 10.2. The number of rotatable bonds is 5. The first kappa shape index (κ1) is 19.9. The number of hydrogen-bond acceptors (Lipinski definition) is 4. The first-order chi connectivity index (χ1) is 14.5. The van der Waals surface area contributed by atoms with Crippen LogP contribution in [0.15, 0.2) is 71.7 Å². The second-order valence-corrected chi connectivity index (χ2v) is 7.97. The van der Waals surface area contributed by atoms with Gasteiger partial charge in [-0.1, -0.05) is 60.7 Å². The molecule has 0 fully saturated rings. The highest BCUT2D eigenvalue weighted by molar-refractivity contribution is 5.95. The molecule has 0 saturated heterocycles. The third-order valence-electron chi connectivity index (χ3n) is 5.74. The number of nitrogens with zero attached hydrogens (tertiary/aromatic N) is 3. The van der Waals surface area contributed by atoms with Gasteiger partial charge in [-0.15, -0.1) is 0 Å². The highest BCUT2D eigenvalue weighted by Gasteiger charge is 2.37. The van der Waals surface area contributed by atoms with Crippen molar-refractivity contribution in [3.63, 3.8) is 0 Å². The Morgan fingerprint density at radius 1 is 1.00 bits per heavy atom. The number of amides is 1. The number of carbonyl (C=O) groups excluding carboxylic acids is 1. The van der Waals surface area contributed by atoms with Crippen molar-refractivity contribution in [1.82, 2.24) is 14.7 Å². The Kier molecular flexibility index (Phi) is 5.40. The second kappa shape index (κ2) is 8.14. The van der Waals surface area contributed by atoms with Crippen LogP contribution >= 0.6 is 0 Å². The van der Waals surface area contributed by atoms with Crippen molar-refractivity contribution >= 4 is 5.91 Å². The zero-order valence-corrected chi connectivity index (χ0v) is 17.1. The molecule has 30 heavy (non-hydrogen) atoms. The molecule has 2 aromatic carbocycles. The summed E-state index contributed by atoms with van der Waals surface area (Å²) < 4.78 is 1.54. The summed E-state index contributed by atoms with van der Waals surface area (Å²) in [6.45, 7) is 4.33. The molecule has 1 aliphatic heterocycles. The van der Waals surface area contributed by atoms with Crippen LogP contribution in [-0.2, 0) is 0 Å². The van der Waals surface area contributed by atoms with Gasteiger partial charge in [0.25, 0.3) is 5.91 Å². The van der Waals surface area contributed by atoms with Crippen molar-refractivity contribution in [2.75, 3.05) is 6.54 Å². The average molecular weight is 403 g/mol. The molecule has 6 nitrogen and oxygen atoms in total. The van der Waals surface area contributed by atoms with Gasteiger partial charge in [-0.05, 0) is 31.4 Å². The van der Waals surface area contributed by atoms with Crippen LogP contribution in [0, 0.1) is 0 Å². The van der Waals surface area contributed by atoms with Crippen molar-refractivity contribution in [3.8, 4) is 5.75 Å². The maximum atomic E-state index is 13.0. The van der Waals surface area contributed by atoms with Gasteiger partial charge in [-0.3, -0.25) is 14.3 Å². The van der Waals surface area contributed by atoms with Crippen LogP contribution in [0.3, 0.4) is 0 Å². The summed E-state index contributed by atoms with van der Waals surface area (Å²) in [7, 11) is 0. The van der Waals surface area contributed by atoms with Crippen molar-refractivity contribution in [2.24, 2.45) is 0 Å².